The van der Waals surface area contributed by atoms with Crippen LogP contribution in [-0.2, 0) is 27.4 Å². The molecule has 8 heteroatoms. The van der Waals surface area contributed by atoms with Gasteiger partial charge in [0.1, 0.15) is 12.4 Å². The van der Waals surface area contributed by atoms with Crippen LogP contribution in [0.25, 0.3) is 10.9 Å². The molecule has 0 unspecified atom stereocenters. The number of ether oxygens (including phenoxy) is 1. The van der Waals surface area contributed by atoms with Crippen LogP contribution in [0.15, 0.2) is 48.5 Å². The number of hydrogen-bond donors (Lipinski definition) is 3. The summed E-state index contributed by atoms with van der Waals surface area (Å²) < 4.78 is 5.93. The number of fused-ring (bicyclic) bond motifs is 1. The van der Waals surface area contributed by atoms with E-state index in [1.807, 2.05) is 55.5 Å². The minimum absolute atomic E-state index is 0.0151. The third-order valence-corrected chi connectivity index (χ3v) is 6.04. The molecule has 0 saturated carbocycles. The Labute approximate surface area is 198 Å². The maximum Gasteiger partial charge on any atom is 0.242 e. The third kappa shape index (κ3) is 5.95. The van der Waals surface area contributed by atoms with Gasteiger partial charge in [0.05, 0.1) is 6.42 Å². The highest BCUT2D eigenvalue weighted by Gasteiger charge is 2.19. The Kier molecular flexibility index (Phi) is 7.47. The summed E-state index contributed by atoms with van der Waals surface area (Å²) in [6.45, 7) is 3.90. The highest BCUT2D eigenvalue weighted by molar-refractivity contribution is 5.92. The van der Waals surface area contributed by atoms with E-state index in [4.69, 9.17) is 4.74 Å². The molecule has 8 nitrogen and oxygen atoms in total. The maximum absolute atomic E-state index is 12.5. The van der Waals surface area contributed by atoms with Gasteiger partial charge in [-0.05, 0) is 49.1 Å². The highest BCUT2D eigenvalue weighted by Crippen LogP contribution is 2.27. The topological polar surface area (TPSA) is 104 Å². The lowest BCUT2D eigenvalue weighted by atomic mass is 10.1. The molecule has 1 aromatic heterocycles. The van der Waals surface area contributed by atoms with Crippen molar-refractivity contribution in [1.29, 1.82) is 0 Å². The minimum Gasteiger partial charge on any atom is -0.489 e. The van der Waals surface area contributed by atoms with E-state index in [-0.39, 0.29) is 37.0 Å². The van der Waals surface area contributed by atoms with Gasteiger partial charge >= 0.3 is 0 Å². The second-order valence-electron chi connectivity index (χ2n) is 8.57. The Morgan fingerprint density at radius 2 is 1.71 bits per heavy atom. The molecule has 2 heterocycles. The number of aryl methyl sites for hydroxylation is 1. The van der Waals surface area contributed by atoms with Gasteiger partial charge in [0.2, 0.25) is 17.7 Å². The van der Waals surface area contributed by atoms with Crippen LogP contribution < -0.4 is 15.6 Å². The molecular formula is C26H30N4O4. The summed E-state index contributed by atoms with van der Waals surface area (Å²) in [5.74, 6) is -0.0152. The van der Waals surface area contributed by atoms with Crippen LogP contribution in [0.4, 0.5) is 0 Å². The van der Waals surface area contributed by atoms with E-state index < -0.39 is 0 Å². The summed E-state index contributed by atoms with van der Waals surface area (Å²) in [5, 5.41) is 0.903. The number of amides is 3. The van der Waals surface area contributed by atoms with Crippen molar-refractivity contribution in [1.82, 2.24) is 20.7 Å². The van der Waals surface area contributed by atoms with Crippen LogP contribution in [0.2, 0.25) is 0 Å². The van der Waals surface area contributed by atoms with Crippen molar-refractivity contribution in [2.75, 3.05) is 13.1 Å². The third-order valence-electron chi connectivity index (χ3n) is 6.04. The van der Waals surface area contributed by atoms with Gasteiger partial charge < -0.3 is 14.6 Å². The Morgan fingerprint density at radius 3 is 2.47 bits per heavy atom. The first-order valence-electron chi connectivity index (χ1n) is 11.6. The Morgan fingerprint density at radius 1 is 0.971 bits per heavy atom. The fraction of sp³-hybridized carbons (Fsp3) is 0.346. The lowest BCUT2D eigenvalue weighted by Gasteiger charge is -2.14. The largest absolute Gasteiger partial charge is 0.489 e. The van der Waals surface area contributed by atoms with Crippen LogP contribution in [0.5, 0.6) is 5.75 Å². The van der Waals surface area contributed by atoms with E-state index in [0.717, 1.165) is 53.7 Å². The first-order chi connectivity index (χ1) is 16.5. The van der Waals surface area contributed by atoms with Crippen molar-refractivity contribution in [3.63, 3.8) is 0 Å². The number of nitrogens with one attached hydrogen (secondary N) is 3. The first kappa shape index (κ1) is 23.4. The number of aromatic amines is 1. The number of hydrogen-bond acceptors (Lipinski definition) is 4. The molecule has 3 aromatic rings. The van der Waals surface area contributed by atoms with Crippen molar-refractivity contribution in [2.45, 2.75) is 45.6 Å². The van der Waals surface area contributed by atoms with E-state index >= 15 is 0 Å². The SMILES string of the molecule is Cc1[nH]c2ccc(OCc3ccccc3)cc2c1CC(=O)NNC(=O)CCC(=O)N1CCCC1. The number of rotatable bonds is 8. The number of hydrazine groups is 1. The fourth-order valence-electron chi connectivity index (χ4n) is 4.17. The zero-order valence-corrected chi connectivity index (χ0v) is 19.4. The van der Waals surface area contributed by atoms with E-state index in [0.29, 0.717) is 12.4 Å². The van der Waals surface area contributed by atoms with E-state index in [1.54, 1.807) is 4.90 Å². The number of carbonyl (C=O) groups is 3. The van der Waals surface area contributed by atoms with Crippen molar-refractivity contribution >= 4 is 28.6 Å². The molecule has 0 radical (unpaired) electrons. The van der Waals surface area contributed by atoms with Gasteiger partial charge in [-0.25, -0.2) is 0 Å². The Balaban J connectivity index is 1.30. The molecular weight excluding hydrogens is 432 g/mol. The van der Waals surface area contributed by atoms with Crippen LogP contribution in [-0.4, -0.2) is 40.7 Å². The van der Waals surface area contributed by atoms with Gasteiger partial charge in [-0.2, -0.15) is 0 Å². The predicted molar refractivity (Wildman–Crippen MR) is 129 cm³/mol. The average Bonchev–Trinajstić information content (AvgIpc) is 3.49. The predicted octanol–water partition coefficient (Wildman–Crippen LogP) is 3.15. The Hall–Kier alpha value is -3.81. The molecule has 1 aliphatic heterocycles. The molecule has 4 rings (SSSR count). The zero-order chi connectivity index (χ0) is 23.9. The molecule has 0 spiro atoms. The molecule has 3 N–H and O–H groups in total. The Bertz CT molecular complexity index is 1170. The van der Waals surface area contributed by atoms with Crippen molar-refractivity contribution < 1.29 is 19.1 Å². The number of carbonyl (C=O) groups excluding carboxylic acids is 3. The number of H-pyrrole nitrogens is 1. The second-order valence-corrected chi connectivity index (χ2v) is 8.57. The molecule has 1 aliphatic rings. The van der Waals surface area contributed by atoms with Crippen molar-refractivity contribution in [2.24, 2.45) is 0 Å². The van der Waals surface area contributed by atoms with Gasteiger partial charge in [0, 0.05) is 42.5 Å². The van der Waals surface area contributed by atoms with Crippen LogP contribution in [0, 0.1) is 6.92 Å². The van der Waals surface area contributed by atoms with Crippen LogP contribution in [0.1, 0.15) is 42.5 Å². The summed E-state index contributed by atoms with van der Waals surface area (Å²) in [7, 11) is 0. The lowest BCUT2D eigenvalue weighted by Crippen LogP contribution is -2.42. The summed E-state index contributed by atoms with van der Waals surface area (Å²) >= 11 is 0. The van der Waals surface area contributed by atoms with Gasteiger partial charge in [0.25, 0.3) is 0 Å². The van der Waals surface area contributed by atoms with Gasteiger partial charge in [-0.3, -0.25) is 25.2 Å². The smallest absolute Gasteiger partial charge is 0.242 e. The first-order valence-corrected chi connectivity index (χ1v) is 11.6. The zero-order valence-electron chi connectivity index (χ0n) is 19.4. The summed E-state index contributed by atoms with van der Waals surface area (Å²) in [6, 6.07) is 15.7. The molecule has 34 heavy (non-hydrogen) atoms. The normalized spacial score (nSPS) is 13.1. The number of benzene rings is 2. The van der Waals surface area contributed by atoms with E-state index in [9.17, 15) is 14.4 Å². The molecule has 178 valence electrons. The van der Waals surface area contributed by atoms with Crippen LogP contribution >= 0.6 is 0 Å². The molecule has 1 saturated heterocycles. The summed E-state index contributed by atoms with van der Waals surface area (Å²) in [4.78, 5) is 41.7. The molecule has 3 amide bonds. The molecule has 0 atom stereocenters. The lowest BCUT2D eigenvalue weighted by molar-refractivity contribution is -0.133. The molecule has 0 bridgehead atoms. The number of likely N-dealkylation sites (tertiary alicyclic amines) is 1. The number of aromatic nitrogens is 1. The van der Waals surface area contributed by atoms with Crippen molar-refractivity contribution in [3.8, 4) is 5.75 Å². The standard InChI is InChI=1S/C26H30N4O4/c1-18-21(16-25(32)29-28-24(31)11-12-26(33)30-13-5-6-14-30)22-15-20(9-10-23(22)27-18)34-17-19-7-3-2-4-8-19/h2-4,7-10,15,27H,5-6,11-14,16-17H2,1H3,(H,28,31)(H,29,32). The molecule has 1 fully saturated rings. The maximum atomic E-state index is 12.5. The average molecular weight is 463 g/mol. The highest BCUT2D eigenvalue weighted by atomic mass is 16.5. The number of nitrogens with zero attached hydrogens (tertiary/aromatic N) is 1. The van der Waals surface area contributed by atoms with Crippen molar-refractivity contribution in [3.05, 3.63) is 65.4 Å². The monoisotopic (exact) mass is 462 g/mol. The second kappa shape index (κ2) is 10.9. The van der Waals surface area contributed by atoms with E-state index in [1.165, 1.54) is 0 Å². The summed E-state index contributed by atoms with van der Waals surface area (Å²) in [6.07, 6.45) is 2.32. The van der Waals surface area contributed by atoms with Gasteiger partial charge in [-0.15, -0.1) is 0 Å². The van der Waals surface area contributed by atoms with E-state index in [2.05, 4.69) is 15.8 Å². The quantitative estimate of drug-likeness (QED) is 0.448. The van der Waals surface area contributed by atoms with Gasteiger partial charge in [0.15, 0.2) is 0 Å². The minimum atomic E-state index is -0.381. The van der Waals surface area contributed by atoms with Crippen LogP contribution in [0.3, 0.4) is 0 Å². The fourth-order valence-corrected chi connectivity index (χ4v) is 4.17. The van der Waals surface area contributed by atoms with Gasteiger partial charge in [-0.1, -0.05) is 30.3 Å². The summed E-state index contributed by atoms with van der Waals surface area (Å²) in [5.41, 5.74) is 8.59. The molecule has 2 aromatic carbocycles. The molecule has 0 aliphatic carbocycles.